The first kappa shape index (κ1) is 12.4. The average Bonchev–Trinajstić information content (AvgIpc) is 3.10. The Bertz CT molecular complexity index is 499. The van der Waals surface area contributed by atoms with Gasteiger partial charge in [-0.3, -0.25) is 0 Å². The van der Waals surface area contributed by atoms with Crippen molar-refractivity contribution in [3.8, 4) is 0 Å². The quantitative estimate of drug-likeness (QED) is 0.869. The fourth-order valence-electron chi connectivity index (χ4n) is 2.67. The monoisotopic (exact) mass is 262 g/mol. The van der Waals surface area contributed by atoms with E-state index in [2.05, 4.69) is 10.3 Å². The third-order valence-corrected chi connectivity index (χ3v) is 3.81. The maximum absolute atomic E-state index is 11.2. The normalized spacial score (nSPS) is 26.4. The number of pyridine rings is 1. The van der Waals surface area contributed by atoms with Gasteiger partial charge in [0.1, 0.15) is 11.4 Å². The molecule has 1 aromatic heterocycles. The van der Waals surface area contributed by atoms with Crippen LogP contribution in [0.4, 0.5) is 5.82 Å². The van der Waals surface area contributed by atoms with Crippen LogP contribution < -0.4 is 5.32 Å². The van der Waals surface area contributed by atoms with Crippen molar-refractivity contribution in [2.45, 2.75) is 38.3 Å². The van der Waals surface area contributed by atoms with Crippen LogP contribution in [0.1, 0.15) is 35.3 Å². The molecule has 0 aromatic carbocycles. The van der Waals surface area contributed by atoms with Crippen LogP contribution in [0, 0.1) is 12.8 Å². The highest BCUT2D eigenvalue weighted by Gasteiger charge is 2.41. The molecule has 0 radical (unpaired) electrons. The molecule has 2 heterocycles. The molecular formula is C14H18N2O3. The maximum Gasteiger partial charge on any atom is 0.339 e. The van der Waals surface area contributed by atoms with E-state index in [1.807, 2.05) is 6.92 Å². The zero-order valence-corrected chi connectivity index (χ0v) is 10.9. The molecule has 0 amide bonds. The minimum atomic E-state index is -0.947. The summed E-state index contributed by atoms with van der Waals surface area (Å²) in [7, 11) is 0. The number of anilines is 1. The fraction of sp³-hybridized carbons (Fsp3) is 0.571. The van der Waals surface area contributed by atoms with Crippen LogP contribution in [-0.4, -0.2) is 34.8 Å². The zero-order valence-electron chi connectivity index (χ0n) is 10.9. The van der Waals surface area contributed by atoms with Crippen molar-refractivity contribution >= 4 is 11.8 Å². The molecule has 1 saturated carbocycles. The molecule has 19 heavy (non-hydrogen) atoms. The van der Waals surface area contributed by atoms with Crippen LogP contribution in [0.5, 0.6) is 0 Å². The summed E-state index contributed by atoms with van der Waals surface area (Å²) in [5.41, 5.74) is 1.04. The van der Waals surface area contributed by atoms with E-state index in [0.717, 1.165) is 18.7 Å². The summed E-state index contributed by atoms with van der Waals surface area (Å²) in [4.78, 5) is 15.5. The second kappa shape index (κ2) is 4.81. The number of hydrogen-bond donors (Lipinski definition) is 2. The van der Waals surface area contributed by atoms with Gasteiger partial charge in [0.15, 0.2) is 0 Å². The first-order chi connectivity index (χ1) is 9.15. The summed E-state index contributed by atoms with van der Waals surface area (Å²) in [6.07, 6.45) is 3.56. The molecule has 0 spiro atoms. The number of aromatic nitrogens is 1. The smallest absolute Gasteiger partial charge is 0.339 e. The largest absolute Gasteiger partial charge is 0.478 e. The number of rotatable bonds is 4. The van der Waals surface area contributed by atoms with Gasteiger partial charge in [0, 0.05) is 12.3 Å². The standard InChI is InChI=1S/C14H18N2O3/c1-8-2-5-10(14(17)18)13(15-8)16-11-6-7-19-12(11)9-3-4-9/h2,5,9,11-12H,3-4,6-7H2,1H3,(H,15,16)(H,17,18). The highest BCUT2D eigenvalue weighted by atomic mass is 16.5. The van der Waals surface area contributed by atoms with Crippen molar-refractivity contribution in [2.24, 2.45) is 5.92 Å². The van der Waals surface area contributed by atoms with Crippen LogP contribution in [-0.2, 0) is 4.74 Å². The SMILES string of the molecule is Cc1ccc(C(=O)O)c(NC2CCOC2C2CC2)n1. The van der Waals surface area contributed by atoms with Gasteiger partial charge in [-0.05, 0) is 44.2 Å². The van der Waals surface area contributed by atoms with Gasteiger partial charge in [-0.25, -0.2) is 9.78 Å². The lowest BCUT2D eigenvalue weighted by Gasteiger charge is -2.21. The molecule has 1 saturated heterocycles. The Labute approximate surface area is 112 Å². The van der Waals surface area contributed by atoms with E-state index in [-0.39, 0.29) is 17.7 Å². The summed E-state index contributed by atoms with van der Waals surface area (Å²) >= 11 is 0. The summed E-state index contributed by atoms with van der Waals surface area (Å²) in [6, 6.07) is 3.51. The Hall–Kier alpha value is -1.62. The van der Waals surface area contributed by atoms with Gasteiger partial charge in [0.05, 0.1) is 12.1 Å². The molecule has 1 aromatic rings. The Morgan fingerprint density at radius 1 is 1.42 bits per heavy atom. The summed E-state index contributed by atoms with van der Waals surface area (Å²) < 4.78 is 5.75. The lowest BCUT2D eigenvalue weighted by atomic mass is 10.1. The van der Waals surface area contributed by atoms with Gasteiger partial charge in [0.25, 0.3) is 0 Å². The number of aryl methyl sites for hydroxylation is 1. The molecule has 2 unspecified atom stereocenters. The molecule has 2 N–H and O–H groups in total. The van der Waals surface area contributed by atoms with Gasteiger partial charge in [0.2, 0.25) is 0 Å². The van der Waals surface area contributed by atoms with E-state index >= 15 is 0 Å². The fourth-order valence-corrected chi connectivity index (χ4v) is 2.67. The lowest BCUT2D eigenvalue weighted by molar-refractivity contribution is 0.0696. The van der Waals surface area contributed by atoms with Gasteiger partial charge >= 0.3 is 5.97 Å². The van der Waals surface area contributed by atoms with Crippen molar-refractivity contribution in [1.82, 2.24) is 4.98 Å². The van der Waals surface area contributed by atoms with Crippen molar-refractivity contribution in [1.29, 1.82) is 0 Å². The van der Waals surface area contributed by atoms with E-state index in [1.165, 1.54) is 12.8 Å². The van der Waals surface area contributed by atoms with E-state index in [4.69, 9.17) is 4.74 Å². The van der Waals surface area contributed by atoms with Crippen LogP contribution in [0.2, 0.25) is 0 Å². The number of nitrogens with one attached hydrogen (secondary N) is 1. The molecule has 2 fully saturated rings. The number of carbonyl (C=O) groups is 1. The third kappa shape index (κ3) is 2.56. The van der Waals surface area contributed by atoms with Gasteiger partial charge in [-0.1, -0.05) is 0 Å². The van der Waals surface area contributed by atoms with Crippen molar-refractivity contribution in [3.05, 3.63) is 23.4 Å². The molecule has 102 valence electrons. The zero-order chi connectivity index (χ0) is 13.4. The van der Waals surface area contributed by atoms with Crippen LogP contribution in [0.25, 0.3) is 0 Å². The van der Waals surface area contributed by atoms with E-state index in [1.54, 1.807) is 12.1 Å². The van der Waals surface area contributed by atoms with Crippen molar-refractivity contribution in [2.75, 3.05) is 11.9 Å². The number of hydrogen-bond acceptors (Lipinski definition) is 4. The molecule has 3 rings (SSSR count). The number of carboxylic acids is 1. The Morgan fingerprint density at radius 2 is 2.21 bits per heavy atom. The van der Waals surface area contributed by atoms with Gasteiger partial charge < -0.3 is 15.2 Å². The van der Waals surface area contributed by atoms with Crippen LogP contribution in [0.3, 0.4) is 0 Å². The van der Waals surface area contributed by atoms with Crippen LogP contribution in [0.15, 0.2) is 12.1 Å². The van der Waals surface area contributed by atoms with E-state index in [9.17, 15) is 9.90 Å². The highest BCUT2D eigenvalue weighted by molar-refractivity contribution is 5.93. The summed E-state index contributed by atoms with van der Waals surface area (Å²) in [5.74, 6) is 0.156. The minimum Gasteiger partial charge on any atom is -0.478 e. The van der Waals surface area contributed by atoms with Crippen molar-refractivity contribution < 1.29 is 14.6 Å². The Kier molecular flexibility index (Phi) is 3.14. The highest BCUT2D eigenvalue weighted by Crippen LogP contribution is 2.39. The van der Waals surface area contributed by atoms with E-state index < -0.39 is 5.97 Å². The summed E-state index contributed by atoms with van der Waals surface area (Å²) in [5, 5.41) is 12.5. The number of carboxylic acid groups (broad SMARTS) is 1. The Morgan fingerprint density at radius 3 is 2.89 bits per heavy atom. The average molecular weight is 262 g/mol. The van der Waals surface area contributed by atoms with Gasteiger partial charge in [-0.2, -0.15) is 0 Å². The molecule has 5 heteroatoms. The number of nitrogens with zero attached hydrogens (tertiary/aromatic N) is 1. The second-order valence-corrected chi connectivity index (χ2v) is 5.37. The first-order valence-corrected chi connectivity index (χ1v) is 6.74. The molecular weight excluding hydrogens is 244 g/mol. The number of aromatic carboxylic acids is 1. The summed E-state index contributed by atoms with van der Waals surface area (Å²) in [6.45, 7) is 2.60. The molecule has 5 nitrogen and oxygen atoms in total. The molecule has 2 atom stereocenters. The molecule has 1 aliphatic heterocycles. The molecule has 2 aliphatic rings. The van der Waals surface area contributed by atoms with Crippen molar-refractivity contribution in [3.63, 3.8) is 0 Å². The molecule has 0 bridgehead atoms. The Balaban J connectivity index is 1.81. The topological polar surface area (TPSA) is 71.5 Å². The maximum atomic E-state index is 11.2. The van der Waals surface area contributed by atoms with E-state index in [0.29, 0.717) is 11.7 Å². The second-order valence-electron chi connectivity index (χ2n) is 5.37. The minimum absolute atomic E-state index is 0.180. The van der Waals surface area contributed by atoms with Crippen LogP contribution >= 0.6 is 0 Å². The predicted octanol–water partition coefficient (Wildman–Crippen LogP) is 2.07. The number of ether oxygens (including phenoxy) is 1. The van der Waals surface area contributed by atoms with Gasteiger partial charge in [-0.15, -0.1) is 0 Å². The molecule has 1 aliphatic carbocycles. The third-order valence-electron chi connectivity index (χ3n) is 3.81. The predicted molar refractivity (Wildman–Crippen MR) is 70.4 cm³/mol. The lowest BCUT2D eigenvalue weighted by Crippen LogP contribution is -2.32. The first-order valence-electron chi connectivity index (χ1n) is 6.74.